The summed E-state index contributed by atoms with van der Waals surface area (Å²) in [6.07, 6.45) is 9.13. The summed E-state index contributed by atoms with van der Waals surface area (Å²) in [7, 11) is 1.85. The molecule has 1 aliphatic rings. The van der Waals surface area contributed by atoms with Crippen LogP contribution in [0.2, 0.25) is 0 Å². The summed E-state index contributed by atoms with van der Waals surface area (Å²) in [5.41, 5.74) is 1.75. The van der Waals surface area contributed by atoms with E-state index < -0.39 is 0 Å². The number of nitrogens with zero attached hydrogens (tertiary/aromatic N) is 5. The van der Waals surface area contributed by atoms with Crippen molar-refractivity contribution in [3.05, 3.63) is 24.8 Å². The fourth-order valence-corrected chi connectivity index (χ4v) is 2.61. The van der Waals surface area contributed by atoms with Crippen LogP contribution in [-0.2, 0) is 18.4 Å². The fourth-order valence-electron chi connectivity index (χ4n) is 2.61. The number of carbonyl (C=O) groups excluding carboxylic acids is 1. The largest absolute Gasteiger partial charge is 0.371 e. The number of aromatic nitrogens is 4. The third-order valence-electron chi connectivity index (χ3n) is 3.64. The van der Waals surface area contributed by atoms with Gasteiger partial charge in [-0.05, 0) is 12.8 Å². The second-order valence-corrected chi connectivity index (χ2v) is 5.34. The number of carbonyl (C=O) groups is 1. The van der Waals surface area contributed by atoms with Gasteiger partial charge in [0.05, 0.1) is 23.8 Å². The van der Waals surface area contributed by atoms with Gasteiger partial charge >= 0.3 is 0 Å². The second-order valence-electron chi connectivity index (χ2n) is 5.34. The van der Waals surface area contributed by atoms with Gasteiger partial charge in [-0.1, -0.05) is 6.92 Å². The number of anilines is 2. The molecule has 2 aromatic rings. The van der Waals surface area contributed by atoms with Crippen molar-refractivity contribution in [1.29, 1.82) is 0 Å². The van der Waals surface area contributed by atoms with E-state index in [-0.39, 0.29) is 11.9 Å². The Morgan fingerprint density at radius 2 is 2.19 bits per heavy atom. The first-order valence-electron chi connectivity index (χ1n) is 7.26. The molecule has 1 N–H and O–H groups in total. The first-order chi connectivity index (χ1) is 10.2. The van der Waals surface area contributed by atoms with E-state index in [0.29, 0.717) is 6.54 Å². The number of aryl methyl sites for hydroxylation is 2. The van der Waals surface area contributed by atoms with Crippen LogP contribution >= 0.6 is 0 Å². The van der Waals surface area contributed by atoms with E-state index in [1.807, 2.05) is 24.1 Å². The normalized spacial score (nSPS) is 18.5. The molecule has 7 nitrogen and oxygen atoms in total. The van der Waals surface area contributed by atoms with Gasteiger partial charge in [-0.2, -0.15) is 10.2 Å². The zero-order chi connectivity index (χ0) is 14.8. The molecule has 1 fully saturated rings. The van der Waals surface area contributed by atoms with Crippen LogP contribution in [0, 0.1) is 0 Å². The monoisotopic (exact) mass is 288 g/mol. The molecular formula is C14H20N6O. The number of hydrogen-bond donors (Lipinski definition) is 1. The third-order valence-corrected chi connectivity index (χ3v) is 3.64. The molecule has 0 saturated carbocycles. The molecule has 0 unspecified atom stereocenters. The second kappa shape index (κ2) is 5.59. The lowest BCUT2D eigenvalue weighted by Gasteiger charge is -2.14. The van der Waals surface area contributed by atoms with Crippen molar-refractivity contribution in [1.82, 2.24) is 19.6 Å². The van der Waals surface area contributed by atoms with E-state index in [1.54, 1.807) is 22.0 Å². The lowest BCUT2D eigenvalue weighted by Crippen LogP contribution is -2.33. The molecule has 2 aromatic heterocycles. The van der Waals surface area contributed by atoms with Crippen LogP contribution in [0.3, 0.4) is 0 Å². The minimum atomic E-state index is -0.190. The van der Waals surface area contributed by atoms with Gasteiger partial charge in [0, 0.05) is 32.5 Å². The maximum atomic E-state index is 12.5. The summed E-state index contributed by atoms with van der Waals surface area (Å²) in [5.74, 6) is 0.0891. The summed E-state index contributed by atoms with van der Waals surface area (Å²) in [4.78, 5) is 14.2. The molecule has 0 aliphatic carbocycles. The van der Waals surface area contributed by atoms with E-state index in [4.69, 9.17) is 0 Å². The standard InChI is InChI=1S/C14H20N6O/c1-3-5-19-9-11(7-16-19)17-13-4-6-20(14(13)21)12-8-15-18(2)10-12/h7-10,13,17H,3-6H2,1-2H3/t13-/m0/s1. The van der Waals surface area contributed by atoms with Gasteiger partial charge in [0.15, 0.2) is 0 Å². The molecule has 0 radical (unpaired) electrons. The molecule has 3 heterocycles. The Balaban J connectivity index is 1.66. The predicted octanol–water partition coefficient (Wildman–Crippen LogP) is 1.24. The van der Waals surface area contributed by atoms with Crippen LogP contribution in [0.5, 0.6) is 0 Å². The zero-order valence-corrected chi connectivity index (χ0v) is 12.4. The number of rotatable bonds is 5. The summed E-state index contributed by atoms with van der Waals surface area (Å²) in [5, 5.41) is 11.7. The molecule has 0 aromatic carbocycles. The highest BCUT2D eigenvalue weighted by atomic mass is 16.2. The lowest BCUT2D eigenvalue weighted by molar-refractivity contribution is -0.117. The van der Waals surface area contributed by atoms with Gasteiger partial charge < -0.3 is 10.2 Å². The zero-order valence-electron chi connectivity index (χ0n) is 12.4. The number of nitrogens with one attached hydrogen (secondary N) is 1. The fraction of sp³-hybridized carbons (Fsp3) is 0.500. The highest BCUT2D eigenvalue weighted by molar-refractivity contribution is 6.00. The van der Waals surface area contributed by atoms with Crippen molar-refractivity contribution >= 4 is 17.3 Å². The topological polar surface area (TPSA) is 68.0 Å². The van der Waals surface area contributed by atoms with Crippen LogP contribution in [0.4, 0.5) is 11.4 Å². The van der Waals surface area contributed by atoms with E-state index in [1.165, 1.54) is 0 Å². The van der Waals surface area contributed by atoms with Crippen molar-refractivity contribution in [2.75, 3.05) is 16.8 Å². The predicted molar refractivity (Wildman–Crippen MR) is 80.1 cm³/mol. The average Bonchev–Trinajstić information content (AvgIpc) is 3.14. The summed E-state index contributed by atoms with van der Waals surface area (Å²) in [6, 6.07) is -0.190. The van der Waals surface area contributed by atoms with Gasteiger partial charge in [0.25, 0.3) is 0 Å². The van der Waals surface area contributed by atoms with Crippen LogP contribution in [0.1, 0.15) is 19.8 Å². The minimum absolute atomic E-state index is 0.0891. The Bertz CT molecular complexity index is 631. The average molecular weight is 288 g/mol. The Morgan fingerprint density at radius 1 is 1.33 bits per heavy atom. The van der Waals surface area contributed by atoms with Crippen molar-refractivity contribution < 1.29 is 4.79 Å². The molecule has 1 aliphatic heterocycles. The number of amides is 1. The van der Waals surface area contributed by atoms with E-state index in [0.717, 1.165) is 30.8 Å². The van der Waals surface area contributed by atoms with Crippen molar-refractivity contribution in [3.8, 4) is 0 Å². The van der Waals surface area contributed by atoms with E-state index in [9.17, 15) is 4.79 Å². The Morgan fingerprint density at radius 3 is 2.90 bits per heavy atom. The highest BCUT2D eigenvalue weighted by Gasteiger charge is 2.33. The first kappa shape index (κ1) is 13.7. The summed E-state index contributed by atoms with van der Waals surface area (Å²) in [6.45, 7) is 3.72. The first-order valence-corrected chi connectivity index (χ1v) is 7.26. The maximum Gasteiger partial charge on any atom is 0.249 e. The van der Waals surface area contributed by atoms with Crippen molar-refractivity contribution in [3.63, 3.8) is 0 Å². The molecule has 1 amide bonds. The van der Waals surface area contributed by atoms with Gasteiger partial charge in [0.1, 0.15) is 6.04 Å². The van der Waals surface area contributed by atoms with Gasteiger partial charge in [0.2, 0.25) is 5.91 Å². The van der Waals surface area contributed by atoms with Gasteiger partial charge in [-0.25, -0.2) is 0 Å². The van der Waals surface area contributed by atoms with Crippen LogP contribution in [0.15, 0.2) is 24.8 Å². The lowest BCUT2D eigenvalue weighted by atomic mass is 10.2. The summed E-state index contributed by atoms with van der Waals surface area (Å²) >= 11 is 0. The van der Waals surface area contributed by atoms with E-state index in [2.05, 4.69) is 22.4 Å². The van der Waals surface area contributed by atoms with E-state index >= 15 is 0 Å². The molecular weight excluding hydrogens is 268 g/mol. The van der Waals surface area contributed by atoms with Crippen LogP contribution < -0.4 is 10.2 Å². The molecule has 112 valence electrons. The summed E-state index contributed by atoms with van der Waals surface area (Å²) < 4.78 is 3.60. The molecule has 0 bridgehead atoms. The third kappa shape index (κ3) is 2.76. The quantitative estimate of drug-likeness (QED) is 0.899. The van der Waals surface area contributed by atoms with Crippen molar-refractivity contribution in [2.24, 2.45) is 7.05 Å². The van der Waals surface area contributed by atoms with Crippen LogP contribution in [0.25, 0.3) is 0 Å². The molecule has 7 heteroatoms. The molecule has 1 atom stereocenters. The molecule has 21 heavy (non-hydrogen) atoms. The Labute approximate surface area is 123 Å². The SMILES string of the molecule is CCCn1cc(N[C@H]2CCN(c3cnn(C)c3)C2=O)cn1. The van der Waals surface area contributed by atoms with Gasteiger partial charge in [-0.15, -0.1) is 0 Å². The smallest absolute Gasteiger partial charge is 0.249 e. The maximum absolute atomic E-state index is 12.5. The van der Waals surface area contributed by atoms with Crippen LogP contribution in [-0.4, -0.2) is 38.1 Å². The molecule has 0 spiro atoms. The molecule has 1 saturated heterocycles. The number of hydrogen-bond acceptors (Lipinski definition) is 4. The Hall–Kier alpha value is -2.31. The minimum Gasteiger partial charge on any atom is -0.371 e. The Kier molecular flexibility index (Phi) is 3.64. The van der Waals surface area contributed by atoms with Crippen molar-refractivity contribution in [2.45, 2.75) is 32.4 Å². The highest BCUT2D eigenvalue weighted by Crippen LogP contribution is 2.23. The van der Waals surface area contributed by atoms with Gasteiger partial charge in [-0.3, -0.25) is 14.2 Å². The molecule has 3 rings (SSSR count).